The first kappa shape index (κ1) is 14.8. The third kappa shape index (κ3) is 8.76. The molecule has 2 heteroatoms. The molecular weight excluding hydrogens is 202 g/mol. The molecule has 1 nitrogen and oxygen atoms in total. The molecule has 0 aliphatic heterocycles. The Labute approximate surface area is 99.6 Å². The minimum atomic E-state index is 1.10. The molecule has 0 spiro atoms. The maximum Gasteiger partial charge on any atom is 0.0198 e. The molecule has 0 fully saturated rings. The first-order chi connectivity index (χ1) is 7.10. The second-order valence-electron chi connectivity index (χ2n) is 4.06. The normalized spacial score (nSPS) is 12.2. The Balaban J connectivity index is 4.02. The highest BCUT2D eigenvalue weighted by atomic mass is 32.2. The zero-order valence-corrected chi connectivity index (χ0v) is 11.5. The molecule has 0 aromatic carbocycles. The highest BCUT2D eigenvalue weighted by Gasteiger charge is 2.02. The fourth-order valence-electron chi connectivity index (χ4n) is 1.49. The van der Waals surface area contributed by atoms with E-state index in [0.29, 0.717) is 0 Å². The Bertz CT molecular complexity index is 203. The molecule has 0 bridgehead atoms. The number of nitrogens with zero attached hydrogens (tertiary/aromatic N) is 1. The molecule has 0 saturated carbocycles. The highest BCUT2D eigenvalue weighted by molar-refractivity contribution is 8.05. The number of thioether (sulfide) groups is 1. The molecule has 15 heavy (non-hydrogen) atoms. The van der Waals surface area contributed by atoms with Crippen LogP contribution in [0.25, 0.3) is 0 Å². The lowest BCUT2D eigenvalue weighted by Crippen LogP contribution is -2.27. The maximum absolute atomic E-state index is 3.88. The van der Waals surface area contributed by atoms with Gasteiger partial charge in [0.05, 0.1) is 0 Å². The van der Waals surface area contributed by atoms with Crippen LogP contribution in [0.4, 0.5) is 0 Å². The largest absolute Gasteiger partial charge is 0.299 e. The van der Waals surface area contributed by atoms with Crippen LogP contribution < -0.4 is 0 Å². The molecule has 0 radical (unpaired) electrons. The molecule has 0 unspecified atom stereocenters. The summed E-state index contributed by atoms with van der Waals surface area (Å²) in [7, 11) is 0. The Morgan fingerprint density at radius 2 is 1.73 bits per heavy atom. The molecule has 0 heterocycles. The van der Waals surface area contributed by atoms with E-state index in [1.54, 1.807) is 11.8 Å². The summed E-state index contributed by atoms with van der Waals surface area (Å²) < 4.78 is 0. The van der Waals surface area contributed by atoms with Crippen molar-refractivity contribution in [3.63, 3.8) is 0 Å². The number of hydrogen-bond acceptors (Lipinski definition) is 2. The summed E-state index contributed by atoms with van der Waals surface area (Å²) in [4.78, 5) is 3.68. The Hall–Kier alpha value is -0.210. The smallest absolute Gasteiger partial charge is 0.0198 e. The van der Waals surface area contributed by atoms with Crippen LogP contribution in [0.15, 0.2) is 22.5 Å². The molecule has 0 aliphatic rings. The van der Waals surface area contributed by atoms with E-state index < -0.39 is 0 Å². The second kappa shape index (κ2) is 9.05. The predicted octanol–water partition coefficient (Wildman–Crippen LogP) is 4.28. The molecule has 0 aliphatic carbocycles. The zero-order chi connectivity index (χ0) is 11.7. The third-order valence-electron chi connectivity index (χ3n) is 2.01. The standard InChI is InChI=1S/C13H25NS/c1-6-8-14(9-7-2)10-13(5)11-15-12(3)4/h11H,3,6-10H2,1-2,4-5H3/b13-11+. The maximum atomic E-state index is 3.88. The van der Waals surface area contributed by atoms with Crippen molar-refractivity contribution in [3.8, 4) is 0 Å². The van der Waals surface area contributed by atoms with Crippen LogP contribution in [0.1, 0.15) is 40.5 Å². The van der Waals surface area contributed by atoms with E-state index in [2.05, 4.69) is 37.7 Å². The minimum absolute atomic E-state index is 1.10. The van der Waals surface area contributed by atoms with E-state index in [9.17, 15) is 0 Å². The van der Waals surface area contributed by atoms with Gasteiger partial charge >= 0.3 is 0 Å². The fraction of sp³-hybridized carbons (Fsp3) is 0.692. The van der Waals surface area contributed by atoms with Gasteiger partial charge in [-0.15, -0.1) is 11.8 Å². The average molecular weight is 227 g/mol. The number of rotatable bonds is 8. The van der Waals surface area contributed by atoms with Crippen molar-refractivity contribution < 1.29 is 0 Å². The summed E-state index contributed by atoms with van der Waals surface area (Å²) >= 11 is 1.73. The molecule has 88 valence electrons. The molecule has 0 saturated heterocycles. The molecule has 0 atom stereocenters. The number of hydrogen-bond donors (Lipinski definition) is 0. The van der Waals surface area contributed by atoms with Gasteiger partial charge in [0.1, 0.15) is 0 Å². The molecule has 0 rings (SSSR count). The van der Waals surface area contributed by atoms with Gasteiger partial charge in [-0.25, -0.2) is 0 Å². The van der Waals surface area contributed by atoms with Crippen molar-refractivity contribution >= 4 is 11.8 Å². The topological polar surface area (TPSA) is 3.24 Å². The fourth-order valence-corrected chi connectivity index (χ4v) is 1.97. The first-order valence-corrected chi connectivity index (χ1v) is 6.68. The van der Waals surface area contributed by atoms with E-state index >= 15 is 0 Å². The van der Waals surface area contributed by atoms with Gasteiger partial charge < -0.3 is 0 Å². The lowest BCUT2D eigenvalue weighted by Gasteiger charge is -2.21. The Kier molecular flexibility index (Phi) is 8.92. The second-order valence-corrected chi connectivity index (χ2v) is 5.23. The summed E-state index contributed by atoms with van der Waals surface area (Å²) in [5.41, 5.74) is 1.44. The quantitative estimate of drug-likeness (QED) is 0.609. The molecule has 0 aromatic heterocycles. The van der Waals surface area contributed by atoms with E-state index in [1.807, 2.05) is 6.92 Å². The van der Waals surface area contributed by atoms with Crippen LogP contribution in [0.2, 0.25) is 0 Å². The van der Waals surface area contributed by atoms with Crippen LogP contribution in [-0.4, -0.2) is 24.5 Å². The summed E-state index contributed by atoms with van der Waals surface area (Å²) in [6, 6.07) is 0. The van der Waals surface area contributed by atoms with Gasteiger partial charge in [0.25, 0.3) is 0 Å². The van der Waals surface area contributed by atoms with Gasteiger partial charge in [0.15, 0.2) is 0 Å². The molecule has 0 N–H and O–H groups in total. The van der Waals surface area contributed by atoms with Crippen molar-refractivity contribution in [2.45, 2.75) is 40.5 Å². The van der Waals surface area contributed by atoms with Gasteiger partial charge in [-0.3, -0.25) is 4.90 Å². The summed E-state index contributed by atoms with van der Waals surface area (Å²) in [6.45, 7) is 16.1. The van der Waals surface area contributed by atoms with E-state index in [1.165, 1.54) is 31.5 Å². The van der Waals surface area contributed by atoms with Gasteiger partial charge in [-0.2, -0.15) is 0 Å². The SMILES string of the molecule is C=C(C)S/C=C(\C)CN(CCC)CCC. The molecule has 0 amide bonds. The minimum Gasteiger partial charge on any atom is -0.299 e. The van der Waals surface area contributed by atoms with E-state index in [0.717, 1.165) is 11.4 Å². The van der Waals surface area contributed by atoms with Gasteiger partial charge in [-0.1, -0.05) is 26.0 Å². The van der Waals surface area contributed by atoms with Crippen LogP contribution in [0.3, 0.4) is 0 Å². The Morgan fingerprint density at radius 3 is 2.13 bits per heavy atom. The van der Waals surface area contributed by atoms with Crippen molar-refractivity contribution in [1.29, 1.82) is 0 Å². The summed E-state index contributed by atoms with van der Waals surface area (Å²) in [5, 5.41) is 2.22. The van der Waals surface area contributed by atoms with Gasteiger partial charge in [-0.05, 0) is 50.1 Å². The van der Waals surface area contributed by atoms with Crippen molar-refractivity contribution in [1.82, 2.24) is 4.90 Å². The highest BCUT2D eigenvalue weighted by Crippen LogP contribution is 2.16. The van der Waals surface area contributed by atoms with Crippen molar-refractivity contribution in [3.05, 3.63) is 22.5 Å². The van der Waals surface area contributed by atoms with E-state index in [-0.39, 0.29) is 0 Å². The average Bonchev–Trinajstić information content (AvgIpc) is 2.15. The van der Waals surface area contributed by atoms with Gasteiger partial charge in [0, 0.05) is 6.54 Å². The van der Waals surface area contributed by atoms with Crippen molar-refractivity contribution in [2.75, 3.05) is 19.6 Å². The number of allylic oxidation sites excluding steroid dienone is 1. The van der Waals surface area contributed by atoms with Crippen LogP contribution >= 0.6 is 11.8 Å². The van der Waals surface area contributed by atoms with E-state index in [4.69, 9.17) is 0 Å². The predicted molar refractivity (Wildman–Crippen MR) is 73.2 cm³/mol. The molecule has 0 aromatic rings. The third-order valence-corrected chi connectivity index (χ3v) is 2.94. The van der Waals surface area contributed by atoms with Crippen LogP contribution in [-0.2, 0) is 0 Å². The lowest BCUT2D eigenvalue weighted by atomic mass is 10.3. The first-order valence-electron chi connectivity index (χ1n) is 5.80. The van der Waals surface area contributed by atoms with Crippen LogP contribution in [0.5, 0.6) is 0 Å². The van der Waals surface area contributed by atoms with Crippen molar-refractivity contribution in [2.24, 2.45) is 0 Å². The summed E-state index contributed by atoms with van der Waals surface area (Å²) in [5.74, 6) is 0. The Morgan fingerprint density at radius 1 is 1.20 bits per heavy atom. The molecular formula is C13H25NS. The van der Waals surface area contributed by atoms with Crippen LogP contribution in [0, 0.1) is 0 Å². The monoisotopic (exact) mass is 227 g/mol. The lowest BCUT2D eigenvalue weighted by molar-refractivity contribution is 0.297. The summed E-state index contributed by atoms with van der Waals surface area (Å²) in [6.07, 6.45) is 2.47. The van der Waals surface area contributed by atoms with Gasteiger partial charge in [0.2, 0.25) is 0 Å². The zero-order valence-electron chi connectivity index (χ0n) is 10.7.